The number of hydrogen-bond acceptors (Lipinski definition) is 14. The number of hydrogen-bond donors (Lipinski definition) is 1. The van der Waals surface area contributed by atoms with E-state index in [0.717, 1.165) is 13.0 Å². The van der Waals surface area contributed by atoms with Gasteiger partial charge in [0.05, 0.1) is 165 Å². The lowest BCUT2D eigenvalue weighted by Crippen LogP contribution is -2.16. The van der Waals surface area contributed by atoms with Crippen LogP contribution < -0.4 is 5.73 Å². The van der Waals surface area contributed by atoms with E-state index in [4.69, 9.17) is 67.3 Å². The highest BCUT2D eigenvalue weighted by molar-refractivity contribution is 4.46. The Morgan fingerprint density at radius 2 is 0.400 bits per heavy atom. The van der Waals surface area contributed by atoms with Gasteiger partial charge in [0.1, 0.15) is 0 Å². The average Bonchev–Trinajstić information content (AvgIpc) is 3.13. The second kappa shape index (κ2) is 48.4. The molecule has 0 spiro atoms. The second-order valence-electron chi connectivity index (χ2n) is 11.2. The molecular formula is C36H75NO13. The largest absolute Gasteiger partial charge is 0.379 e. The Kier molecular flexibility index (Phi) is 47.9. The molecule has 2 N–H and O–H groups in total. The molecule has 0 saturated carbocycles. The van der Waals surface area contributed by atoms with Crippen molar-refractivity contribution in [2.24, 2.45) is 5.73 Å². The van der Waals surface area contributed by atoms with E-state index < -0.39 is 0 Å². The van der Waals surface area contributed by atoms with Crippen molar-refractivity contribution in [3.63, 3.8) is 0 Å². The summed E-state index contributed by atoms with van der Waals surface area (Å²) in [5.74, 6) is 0. The van der Waals surface area contributed by atoms with E-state index in [0.29, 0.717) is 172 Å². The van der Waals surface area contributed by atoms with E-state index in [9.17, 15) is 0 Å². The van der Waals surface area contributed by atoms with Gasteiger partial charge in [-0.25, -0.2) is 0 Å². The van der Waals surface area contributed by atoms with Crippen LogP contribution in [0, 0.1) is 0 Å². The molecule has 0 aromatic carbocycles. The molecule has 0 amide bonds. The molecule has 0 bridgehead atoms. The summed E-state index contributed by atoms with van der Waals surface area (Å²) in [7, 11) is 0. The van der Waals surface area contributed by atoms with Crippen molar-refractivity contribution >= 4 is 0 Å². The zero-order chi connectivity index (χ0) is 35.9. The van der Waals surface area contributed by atoms with Gasteiger partial charge in [-0.05, 0) is 6.42 Å². The Morgan fingerprint density at radius 1 is 0.220 bits per heavy atom. The quantitative estimate of drug-likeness (QED) is 0.0915. The fourth-order valence-electron chi connectivity index (χ4n) is 4.16. The third-order valence-corrected chi connectivity index (χ3v) is 6.87. The summed E-state index contributed by atoms with van der Waals surface area (Å²) in [5, 5.41) is 0. The molecule has 302 valence electrons. The van der Waals surface area contributed by atoms with Gasteiger partial charge in [0.15, 0.2) is 0 Å². The van der Waals surface area contributed by atoms with Gasteiger partial charge in [-0.3, -0.25) is 0 Å². The van der Waals surface area contributed by atoms with E-state index in [1.54, 1.807) is 0 Å². The zero-order valence-corrected chi connectivity index (χ0v) is 31.6. The van der Waals surface area contributed by atoms with Crippen molar-refractivity contribution in [1.29, 1.82) is 0 Å². The predicted octanol–water partition coefficient (Wildman–Crippen LogP) is 3.30. The van der Waals surface area contributed by atoms with Crippen LogP contribution in [0.2, 0.25) is 0 Å². The summed E-state index contributed by atoms with van der Waals surface area (Å²) in [6.07, 6.45) is 10.5. The Bertz CT molecular complexity index is 536. The highest BCUT2D eigenvalue weighted by Crippen LogP contribution is 2.08. The lowest BCUT2D eigenvalue weighted by molar-refractivity contribution is -0.0290. The van der Waals surface area contributed by atoms with E-state index in [1.165, 1.54) is 44.9 Å². The van der Waals surface area contributed by atoms with E-state index in [-0.39, 0.29) is 0 Å². The van der Waals surface area contributed by atoms with Crippen molar-refractivity contribution < 1.29 is 61.6 Å². The Balaban J connectivity index is 3.04. The minimum Gasteiger partial charge on any atom is -0.379 e. The van der Waals surface area contributed by atoms with Crippen LogP contribution in [-0.2, 0) is 61.6 Å². The van der Waals surface area contributed by atoms with E-state index in [1.807, 2.05) is 0 Å². The maximum absolute atomic E-state index is 5.62. The summed E-state index contributed by atoms with van der Waals surface area (Å²) in [5.41, 5.74) is 5.34. The van der Waals surface area contributed by atoms with Gasteiger partial charge < -0.3 is 67.3 Å². The van der Waals surface area contributed by atoms with Crippen molar-refractivity contribution in [1.82, 2.24) is 0 Å². The van der Waals surface area contributed by atoms with Crippen LogP contribution in [-0.4, -0.2) is 178 Å². The number of unbranched alkanes of at least 4 members (excludes halogenated alkanes) is 7. The molecule has 0 aromatic rings. The van der Waals surface area contributed by atoms with E-state index >= 15 is 0 Å². The average molecular weight is 730 g/mol. The number of ether oxygens (including phenoxy) is 13. The first-order chi connectivity index (χ1) is 24.9. The second-order valence-corrected chi connectivity index (χ2v) is 11.2. The molecule has 0 atom stereocenters. The lowest BCUT2D eigenvalue weighted by Gasteiger charge is -2.09. The molecule has 0 saturated heterocycles. The first-order valence-corrected chi connectivity index (χ1v) is 19.1. The third-order valence-electron chi connectivity index (χ3n) is 6.87. The monoisotopic (exact) mass is 730 g/mol. The summed E-state index contributed by atoms with van der Waals surface area (Å²) >= 11 is 0. The van der Waals surface area contributed by atoms with Gasteiger partial charge in [-0.2, -0.15) is 0 Å². The van der Waals surface area contributed by atoms with Crippen molar-refractivity contribution in [2.45, 2.75) is 58.3 Å². The maximum Gasteiger partial charge on any atom is 0.0701 e. The van der Waals surface area contributed by atoms with Crippen LogP contribution in [0.1, 0.15) is 58.3 Å². The van der Waals surface area contributed by atoms with Gasteiger partial charge >= 0.3 is 0 Å². The smallest absolute Gasteiger partial charge is 0.0701 e. The van der Waals surface area contributed by atoms with Gasteiger partial charge in [-0.1, -0.05) is 51.9 Å². The molecule has 0 aliphatic heterocycles. The fourth-order valence-corrected chi connectivity index (χ4v) is 4.16. The molecule has 0 heterocycles. The summed E-state index contributed by atoms with van der Waals surface area (Å²) < 4.78 is 71.1. The fraction of sp³-hybridized carbons (Fsp3) is 1.00. The van der Waals surface area contributed by atoms with Crippen LogP contribution in [0.25, 0.3) is 0 Å². The summed E-state index contributed by atoms with van der Waals surface area (Å²) in [6, 6.07) is 0. The topological polar surface area (TPSA) is 146 Å². The van der Waals surface area contributed by atoms with Gasteiger partial charge in [-0.15, -0.1) is 0 Å². The minimum atomic E-state index is 0.512. The van der Waals surface area contributed by atoms with Gasteiger partial charge in [0, 0.05) is 13.2 Å². The Hall–Kier alpha value is -0.560. The number of rotatable bonds is 47. The maximum atomic E-state index is 5.62. The highest BCUT2D eigenvalue weighted by Gasteiger charge is 1.97. The van der Waals surface area contributed by atoms with Crippen LogP contribution in [0.4, 0.5) is 0 Å². The summed E-state index contributed by atoms with van der Waals surface area (Å²) in [4.78, 5) is 0. The first kappa shape index (κ1) is 49.4. The van der Waals surface area contributed by atoms with Crippen LogP contribution in [0.5, 0.6) is 0 Å². The third kappa shape index (κ3) is 47.4. The van der Waals surface area contributed by atoms with Crippen molar-refractivity contribution in [3.8, 4) is 0 Å². The molecule has 0 aliphatic rings. The van der Waals surface area contributed by atoms with Crippen molar-refractivity contribution in [3.05, 3.63) is 0 Å². The van der Waals surface area contributed by atoms with Crippen LogP contribution in [0.3, 0.4) is 0 Å². The molecule has 14 heteroatoms. The predicted molar refractivity (Wildman–Crippen MR) is 192 cm³/mol. The van der Waals surface area contributed by atoms with Gasteiger partial charge in [0.2, 0.25) is 0 Å². The highest BCUT2D eigenvalue weighted by atomic mass is 16.6. The normalized spacial score (nSPS) is 11.6. The minimum absolute atomic E-state index is 0.512. The molecule has 0 radical (unpaired) electrons. The number of nitrogens with two attached hydrogens (primary N) is 1. The Morgan fingerprint density at radius 3 is 0.620 bits per heavy atom. The molecule has 0 aliphatic carbocycles. The van der Waals surface area contributed by atoms with Crippen molar-refractivity contribution in [2.75, 3.05) is 178 Å². The van der Waals surface area contributed by atoms with Gasteiger partial charge in [0.25, 0.3) is 0 Å². The lowest BCUT2D eigenvalue weighted by atomic mass is 10.1. The van der Waals surface area contributed by atoms with Crippen LogP contribution >= 0.6 is 0 Å². The SMILES string of the molecule is CCCCCCCCCCOCCOCCOCCOCCOCCOCCOCCOCCOCCOCCOCCOCCOCCN. The molecule has 0 aromatic heterocycles. The summed E-state index contributed by atoms with van der Waals surface area (Å²) in [6.45, 7) is 17.0. The molecular weight excluding hydrogens is 654 g/mol. The molecule has 0 rings (SSSR count). The van der Waals surface area contributed by atoms with E-state index in [2.05, 4.69) is 6.92 Å². The Labute approximate surface area is 303 Å². The molecule has 14 nitrogen and oxygen atoms in total. The first-order valence-electron chi connectivity index (χ1n) is 19.1. The molecule has 50 heavy (non-hydrogen) atoms. The standard InChI is InChI=1S/C36H75NO13/c1-2-3-4-5-6-7-8-9-11-38-13-15-40-17-19-42-21-23-44-25-27-46-29-31-48-33-35-50-36-34-49-32-30-47-28-26-45-24-22-43-20-18-41-16-14-39-12-10-37/h2-37H2,1H3. The zero-order valence-electron chi connectivity index (χ0n) is 31.6. The molecule has 0 unspecified atom stereocenters. The van der Waals surface area contributed by atoms with Crippen LogP contribution in [0.15, 0.2) is 0 Å². The molecule has 0 fully saturated rings.